The number of benzene rings is 3. The minimum absolute atomic E-state index is 0.240. The summed E-state index contributed by atoms with van der Waals surface area (Å²) in [5.41, 5.74) is 2.11. The molecule has 3 rings (SSSR count). The van der Waals surface area contributed by atoms with Gasteiger partial charge in [-0.05, 0) is 40.5 Å². The molecule has 0 saturated heterocycles. The molecule has 0 radical (unpaired) electrons. The normalized spacial score (nSPS) is 11.7. The molecular formula is C21H19NO2. The molecule has 3 aromatic carbocycles. The standard InChI is InChI=1S/C21H19NO2/c1-23-20-11-10-16(13-21(20)24-2)18(14-22)12-17-8-5-7-15-6-3-4-9-19(15)17/h3-11,13,18H,12H2,1-2H3. The van der Waals surface area contributed by atoms with E-state index >= 15 is 0 Å². The molecule has 0 aliphatic rings. The van der Waals surface area contributed by atoms with Crippen molar-refractivity contribution in [3.05, 3.63) is 71.8 Å². The van der Waals surface area contributed by atoms with Crippen LogP contribution in [0.5, 0.6) is 11.5 Å². The zero-order valence-corrected chi connectivity index (χ0v) is 13.8. The Morgan fingerprint density at radius 2 is 1.67 bits per heavy atom. The van der Waals surface area contributed by atoms with Crippen LogP contribution in [-0.2, 0) is 6.42 Å². The van der Waals surface area contributed by atoms with Crippen LogP contribution < -0.4 is 9.47 Å². The number of fused-ring (bicyclic) bond motifs is 1. The predicted molar refractivity (Wildman–Crippen MR) is 95.6 cm³/mol. The van der Waals surface area contributed by atoms with Gasteiger partial charge in [0.15, 0.2) is 11.5 Å². The average Bonchev–Trinajstić information content (AvgIpc) is 2.65. The van der Waals surface area contributed by atoms with Crippen molar-refractivity contribution < 1.29 is 9.47 Å². The van der Waals surface area contributed by atoms with Crippen molar-refractivity contribution in [3.8, 4) is 17.6 Å². The first kappa shape index (κ1) is 15.9. The first-order valence-corrected chi connectivity index (χ1v) is 7.85. The van der Waals surface area contributed by atoms with Gasteiger partial charge in [0.05, 0.1) is 26.2 Å². The second-order valence-electron chi connectivity index (χ2n) is 5.64. The summed E-state index contributed by atoms with van der Waals surface area (Å²) in [5, 5.41) is 12.1. The first-order chi connectivity index (χ1) is 11.8. The molecule has 0 bridgehead atoms. The molecule has 0 aliphatic carbocycles. The molecule has 0 aliphatic heterocycles. The summed E-state index contributed by atoms with van der Waals surface area (Å²) in [6.07, 6.45) is 0.660. The van der Waals surface area contributed by atoms with Gasteiger partial charge in [-0.1, -0.05) is 48.5 Å². The van der Waals surface area contributed by atoms with E-state index in [4.69, 9.17) is 9.47 Å². The van der Waals surface area contributed by atoms with Gasteiger partial charge in [-0.25, -0.2) is 0 Å². The van der Waals surface area contributed by atoms with E-state index in [1.165, 1.54) is 16.3 Å². The lowest BCUT2D eigenvalue weighted by atomic mass is 9.90. The number of rotatable bonds is 5. The third-order valence-electron chi connectivity index (χ3n) is 4.27. The number of nitriles is 1. The molecule has 120 valence electrons. The van der Waals surface area contributed by atoms with Gasteiger partial charge in [0.1, 0.15) is 0 Å². The van der Waals surface area contributed by atoms with E-state index in [1.807, 2.05) is 36.4 Å². The molecule has 0 heterocycles. The summed E-state index contributed by atoms with van der Waals surface area (Å²) >= 11 is 0. The van der Waals surface area contributed by atoms with Gasteiger partial charge in [0, 0.05) is 0 Å². The summed E-state index contributed by atoms with van der Waals surface area (Å²) in [6.45, 7) is 0. The molecule has 0 saturated carbocycles. The van der Waals surface area contributed by atoms with E-state index in [-0.39, 0.29) is 5.92 Å². The van der Waals surface area contributed by atoms with E-state index in [9.17, 15) is 5.26 Å². The highest BCUT2D eigenvalue weighted by Crippen LogP contribution is 2.32. The lowest BCUT2D eigenvalue weighted by Crippen LogP contribution is -2.02. The van der Waals surface area contributed by atoms with Gasteiger partial charge in [0.25, 0.3) is 0 Å². The summed E-state index contributed by atoms with van der Waals surface area (Å²) in [6, 6.07) is 22.6. The minimum atomic E-state index is -0.240. The van der Waals surface area contributed by atoms with E-state index in [2.05, 4.69) is 30.3 Å². The predicted octanol–water partition coefficient (Wildman–Crippen LogP) is 4.71. The molecule has 3 heteroatoms. The Kier molecular flexibility index (Phi) is 4.67. The van der Waals surface area contributed by atoms with Gasteiger partial charge >= 0.3 is 0 Å². The van der Waals surface area contributed by atoms with Gasteiger partial charge in [-0.2, -0.15) is 5.26 Å². The van der Waals surface area contributed by atoms with E-state index in [0.717, 1.165) is 5.56 Å². The zero-order chi connectivity index (χ0) is 16.9. The number of ether oxygens (including phenoxy) is 2. The highest BCUT2D eigenvalue weighted by atomic mass is 16.5. The van der Waals surface area contributed by atoms with Crippen LogP contribution in [0.4, 0.5) is 0 Å². The third kappa shape index (κ3) is 3.04. The monoisotopic (exact) mass is 317 g/mol. The smallest absolute Gasteiger partial charge is 0.161 e. The number of methoxy groups -OCH3 is 2. The molecule has 0 spiro atoms. The van der Waals surface area contributed by atoms with Gasteiger partial charge in [-0.3, -0.25) is 0 Å². The number of nitrogens with zero attached hydrogens (tertiary/aromatic N) is 1. The maximum atomic E-state index is 9.68. The highest BCUT2D eigenvalue weighted by Gasteiger charge is 2.16. The molecule has 24 heavy (non-hydrogen) atoms. The van der Waals surface area contributed by atoms with E-state index < -0.39 is 0 Å². The zero-order valence-electron chi connectivity index (χ0n) is 13.8. The fraction of sp³-hybridized carbons (Fsp3) is 0.190. The molecule has 1 unspecified atom stereocenters. The maximum absolute atomic E-state index is 9.68. The van der Waals surface area contributed by atoms with Gasteiger partial charge in [-0.15, -0.1) is 0 Å². The summed E-state index contributed by atoms with van der Waals surface area (Å²) in [5.74, 6) is 1.08. The molecule has 3 nitrogen and oxygen atoms in total. The van der Waals surface area contributed by atoms with Crippen LogP contribution in [-0.4, -0.2) is 14.2 Å². The largest absolute Gasteiger partial charge is 0.493 e. The van der Waals surface area contributed by atoms with E-state index in [1.54, 1.807) is 14.2 Å². The van der Waals surface area contributed by atoms with Crippen molar-refractivity contribution in [1.29, 1.82) is 5.26 Å². The van der Waals surface area contributed by atoms with Crippen LogP contribution in [0, 0.1) is 11.3 Å². The topological polar surface area (TPSA) is 42.2 Å². The summed E-state index contributed by atoms with van der Waals surface area (Å²) in [7, 11) is 3.21. The van der Waals surface area contributed by atoms with Crippen LogP contribution in [0.2, 0.25) is 0 Å². The lowest BCUT2D eigenvalue weighted by molar-refractivity contribution is 0.354. The van der Waals surface area contributed by atoms with Crippen LogP contribution in [0.25, 0.3) is 10.8 Å². The van der Waals surface area contributed by atoms with Crippen LogP contribution in [0.15, 0.2) is 60.7 Å². The van der Waals surface area contributed by atoms with Gasteiger partial charge in [0.2, 0.25) is 0 Å². The molecule has 0 fully saturated rings. The van der Waals surface area contributed by atoms with Crippen molar-refractivity contribution >= 4 is 10.8 Å². The fourth-order valence-electron chi connectivity index (χ4n) is 3.00. The summed E-state index contributed by atoms with van der Waals surface area (Å²) < 4.78 is 10.6. The highest BCUT2D eigenvalue weighted by molar-refractivity contribution is 5.85. The van der Waals surface area contributed by atoms with Crippen molar-refractivity contribution in [2.75, 3.05) is 14.2 Å². The number of hydrogen-bond acceptors (Lipinski definition) is 3. The average molecular weight is 317 g/mol. The Bertz CT molecular complexity index is 890. The van der Waals surface area contributed by atoms with Crippen molar-refractivity contribution in [2.45, 2.75) is 12.3 Å². The summed E-state index contributed by atoms with van der Waals surface area (Å²) in [4.78, 5) is 0. The SMILES string of the molecule is COc1ccc(C(C#N)Cc2cccc3ccccc23)cc1OC. The maximum Gasteiger partial charge on any atom is 0.161 e. The molecule has 0 amide bonds. The Morgan fingerprint density at radius 3 is 2.42 bits per heavy atom. The van der Waals surface area contributed by atoms with Crippen molar-refractivity contribution in [3.63, 3.8) is 0 Å². The van der Waals surface area contributed by atoms with Crippen molar-refractivity contribution in [1.82, 2.24) is 0 Å². The molecule has 1 atom stereocenters. The quantitative estimate of drug-likeness (QED) is 0.684. The molecular weight excluding hydrogens is 298 g/mol. The second kappa shape index (κ2) is 7.06. The number of hydrogen-bond donors (Lipinski definition) is 0. The Morgan fingerprint density at radius 1 is 0.917 bits per heavy atom. The molecule has 3 aromatic rings. The van der Waals surface area contributed by atoms with Crippen molar-refractivity contribution in [2.24, 2.45) is 0 Å². The van der Waals surface area contributed by atoms with Crippen LogP contribution in [0.1, 0.15) is 17.0 Å². The van der Waals surface area contributed by atoms with Crippen LogP contribution in [0.3, 0.4) is 0 Å². The third-order valence-corrected chi connectivity index (χ3v) is 4.27. The Labute approximate surface area is 142 Å². The Hall–Kier alpha value is -2.99. The van der Waals surface area contributed by atoms with Gasteiger partial charge < -0.3 is 9.47 Å². The fourth-order valence-corrected chi connectivity index (χ4v) is 3.00. The lowest BCUT2D eigenvalue weighted by Gasteiger charge is -2.14. The minimum Gasteiger partial charge on any atom is -0.493 e. The Balaban J connectivity index is 1.96. The first-order valence-electron chi connectivity index (χ1n) is 7.85. The van der Waals surface area contributed by atoms with Crippen LogP contribution >= 0.6 is 0 Å². The second-order valence-corrected chi connectivity index (χ2v) is 5.64. The van der Waals surface area contributed by atoms with E-state index in [0.29, 0.717) is 17.9 Å². The molecule has 0 N–H and O–H groups in total. The molecule has 0 aromatic heterocycles.